The standard InChI is InChI=1S/C17H17F2NO3S/c1-11(23-14-7-5-13(22-2)6-8-14)16(21)20-12-3-9-15(10-4-12)24-17(18)19/h3-11,17H,1-2H3,(H,20,21). The summed E-state index contributed by atoms with van der Waals surface area (Å²) >= 11 is 0.456. The zero-order valence-electron chi connectivity index (χ0n) is 13.2. The molecule has 1 amide bonds. The highest BCUT2D eigenvalue weighted by Gasteiger charge is 2.15. The fourth-order valence-corrected chi connectivity index (χ4v) is 2.37. The Bertz CT molecular complexity index is 663. The molecule has 4 nitrogen and oxygen atoms in total. The molecule has 0 radical (unpaired) electrons. The molecule has 0 heterocycles. The van der Waals surface area contributed by atoms with Crippen LogP contribution in [-0.4, -0.2) is 24.9 Å². The van der Waals surface area contributed by atoms with E-state index in [9.17, 15) is 13.6 Å². The van der Waals surface area contributed by atoms with E-state index in [1.54, 1.807) is 50.4 Å². The molecule has 0 aliphatic heterocycles. The molecule has 7 heteroatoms. The van der Waals surface area contributed by atoms with Crippen molar-refractivity contribution in [2.75, 3.05) is 12.4 Å². The van der Waals surface area contributed by atoms with Gasteiger partial charge in [0.1, 0.15) is 11.5 Å². The largest absolute Gasteiger partial charge is 0.497 e. The third kappa shape index (κ3) is 5.42. The zero-order chi connectivity index (χ0) is 17.5. The van der Waals surface area contributed by atoms with Crippen molar-refractivity contribution in [1.29, 1.82) is 0 Å². The number of ether oxygens (including phenoxy) is 2. The van der Waals surface area contributed by atoms with E-state index in [-0.39, 0.29) is 5.91 Å². The number of anilines is 1. The minimum absolute atomic E-state index is 0.333. The van der Waals surface area contributed by atoms with Crippen LogP contribution in [0.5, 0.6) is 11.5 Å². The van der Waals surface area contributed by atoms with E-state index in [1.807, 2.05) is 0 Å². The molecule has 0 spiro atoms. The number of amides is 1. The van der Waals surface area contributed by atoms with Crippen LogP contribution in [-0.2, 0) is 4.79 Å². The third-order valence-electron chi connectivity index (χ3n) is 3.09. The molecule has 1 unspecified atom stereocenters. The van der Waals surface area contributed by atoms with Crippen LogP contribution in [0.3, 0.4) is 0 Å². The lowest BCUT2D eigenvalue weighted by atomic mass is 10.3. The van der Waals surface area contributed by atoms with Crippen molar-refractivity contribution in [3.05, 3.63) is 48.5 Å². The number of carbonyl (C=O) groups is 1. The Balaban J connectivity index is 1.90. The maximum Gasteiger partial charge on any atom is 0.288 e. The summed E-state index contributed by atoms with van der Waals surface area (Å²) in [6.07, 6.45) is -0.714. The Morgan fingerprint density at radius 1 is 1.04 bits per heavy atom. The summed E-state index contributed by atoms with van der Waals surface area (Å²) in [5, 5.41) is 2.68. The van der Waals surface area contributed by atoms with Crippen molar-refractivity contribution in [3.63, 3.8) is 0 Å². The van der Waals surface area contributed by atoms with E-state index in [2.05, 4.69) is 5.32 Å². The zero-order valence-corrected chi connectivity index (χ0v) is 14.0. The number of methoxy groups -OCH3 is 1. The fourth-order valence-electron chi connectivity index (χ4n) is 1.88. The molecular weight excluding hydrogens is 336 g/mol. The number of benzene rings is 2. The van der Waals surface area contributed by atoms with Crippen LogP contribution in [0.15, 0.2) is 53.4 Å². The van der Waals surface area contributed by atoms with Gasteiger partial charge >= 0.3 is 0 Å². The maximum absolute atomic E-state index is 12.3. The maximum atomic E-state index is 12.3. The van der Waals surface area contributed by atoms with Crippen LogP contribution >= 0.6 is 11.8 Å². The molecule has 1 N–H and O–H groups in total. The second-order valence-electron chi connectivity index (χ2n) is 4.83. The van der Waals surface area contributed by atoms with Gasteiger partial charge in [-0.1, -0.05) is 11.8 Å². The first-order chi connectivity index (χ1) is 11.5. The van der Waals surface area contributed by atoms with Crippen molar-refractivity contribution >= 4 is 23.4 Å². The van der Waals surface area contributed by atoms with Gasteiger partial charge in [0, 0.05) is 10.6 Å². The molecule has 0 aliphatic carbocycles. The molecule has 128 valence electrons. The van der Waals surface area contributed by atoms with Crippen LogP contribution in [0.4, 0.5) is 14.5 Å². The first-order valence-corrected chi connectivity index (χ1v) is 8.02. The number of hydrogen-bond acceptors (Lipinski definition) is 4. The molecule has 2 aromatic carbocycles. The molecule has 1 atom stereocenters. The summed E-state index contributed by atoms with van der Waals surface area (Å²) in [6.45, 7) is 1.63. The summed E-state index contributed by atoms with van der Waals surface area (Å²) in [7, 11) is 1.57. The number of hydrogen-bond donors (Lipinski definition) is 1. The van der Waals surface area contributed by atoms with Gasteiger partial charge in [-0.25, -0.2) is 0 Å². The highest BCUT2D eigenvalue weighted by molar-refractivity contribution is 7.99. The molecule has 24 heavy (non-hydrogen) atoms. The lowest BCUT2D eigenvalue weighted by Gasteiger charge is -2.15. The Hall–Kier alpha value is -2.28. The summed E-state index contributed by atoms with van der Waals surface area (Å²) < 4.78 is 35.1. The molecule has 0 aromatic heterocycles. The Kier molecular flexibility index (Phi) is 6.43. The predicted molar refractivity (Wildman–Crippen MR) is 90.0 cm³/mol. The van der Waals surface area contributed by atoms with E-state index >= 15 is 0 Å². The van der Waals surface area contributed by atoms with E-state index in [0.29, 0.717) is 33.8 Å². The minimum atomic E-state index is -2.47. The Morgan fingerprint density at radius 3 is 2.17 bits per heavy atom. The quantitative estimate of drug-likeness (QED) is 0.749. The van der Waals surface area contributed by atoms with Gasteiger partial charge in [-0.05, 0) is 55.5 Å². The minimum Gasteiger partial charge on any atom is -0.497 e. The first-order valence-electron chi connectivity index (χ1n) is 7.14. The van der Waals surface area contributed by atoms with Crippen molar-refractivity contribution in [2.45, 2.75) is 23.7 Å². The molecular formula is C17H17F2NO3S. The Morgan fingerprint density at radius 2 is 1.62 bits per heavy atom. The smallest absolute Gasteiger partial charge is 0.288 e. The van der Waals surface area contributed by atoms with E-state index in [0.717, 1.165) is 0 Å². The second-order valence-corrected chi connectivity index (χ2v) is 5.89. The van der Waals surface area contributed by atoms with Crippen LogP contribution < -0.4 is 14.8 Å². The van der Waals surface area contributed by atoms with Gasteiger partial charge in [0.2, 0.25) is 0 Å². The van der Waals surface area contributed by atoms with Crippen LogP contribution in [0.1, 0.15) is 6.92 Å². The lowest BCUT2D eigenvalue weighted by Crippen LogP contribution is -2.30. The van der Waals surface area contributed by atoms with Crippen LogP contribution in [0, 0.1) is 0 Å². The first kappa shape index (κ1) is 18.1. The average molecular weight is 353 g/mol. The normalized spacial score (nSPS) is 11.9. The number of carbonyl (C=O) groups excluding carboxylic acids is 1. The van der Waals surface area contributed by atoms with Crippen molar-refractivity contribution in [2.24, 2.45) is 0 Å². The van der Waals surface area contributed by atoms with Crippen LogP contribution in [0.25, 0.3) is 0 Å². The molecule has 0 saturated heterocycles. The molecule has 0 saturated carbocycles. The SMILES string of the molecule is COc1ccc(OC(C)C(=O)Nc2ccc(SC(F)F)cc2)cc1. The lowest BCUT2D eigenvalue weighted by molar-refractivity contribution is -0.122. The van der Waals surface area contributed by atoms with Gasteiger partial charge < -0.3 is 14.8 Å². The summed E-state index contributed by atoms with van der Waals surface area (Å²) in [6, 6.07) is 13.1. The number of halogens is 2. The van der Waals surface area contributed by atoms with E-state index in [4.69, 9.17) is 9.47 Å². The summed E-state index contributed by atoms with van der Waals surface area (Å²) in [4.78, 5) is 12.6. The number of rotatable bonds is 7. The average Bonchev–Trinajstić information content (AvgIpc) is 2.56. The van der Waals surface area contributed by atoms with Gasteiger partial charge in [-0.2, -0.15) is 8.78 Å². The third-order valence-corrected chi connectivity index (χ3v) is 3.81. The van der Waals surface area contributed by atoms with E-state index in [1.165, 1.54) is 12.1 Å². The van der Waals surface area contributed by atoms with Crippen molar-refractivity contribution in [1.82, 2.24) is 0 Å². The monoisotopic (exact) mass is 353 g/mol. The molecule has 0 aliphatic rings. The number of alkyl halides is 2. The van der Waals surface area contributed by atoms with Crippen molar-refractivity contribution < 1.29 is 23.0 Å². The fraction of sp³-hybridized carbons (Fsp3) is 0.235. The molecule has 2 aromatic rings. The summed E-state index contributed by atoms with van der Waals surface area (Å²) in [5.41, 5.74) is 0.517. The molecule has 0 bridgehead atoms. The number of thioether (sulfide) groups is 1. The van der Waals surface area contributed by atoms with Crippen LogP contribution in [0.2, 0.25) is 0 Å². The van der Waals surface area contributed by atoms with Gasteiger partial charge in [0.15, 0.2) is 6.10 Å². The molecule has 0 fully saturated rings. The predicted octanol–water partition coefficient (Wildman–Crippen LogP) is 4.42. The van der Waals surface area contributed by atoms with Gasteiger partial charge in [-0.3, -0.25) is 4.79 Å². The number of nitrogens with one attached hydrogen (secondary N) is 1. The second kappa shape index (κ2) is 8.54. The topological polar surface area (TPSA) is 47.6 Å². The highest BCUT2D eigenvalue weighted by atomic mass is 32.2. The van der Waals surface area contributed by atoms with E-state index < -0.39 is 11.9 Å². The Labute approximate surface area is 143 Å². The summed E-state index contributed by atoms with van der Waals surface area (Å²) in [5.74, 6) is -1.56. The van der Waals surface area contributed by atoms with Gasteiger partial charge in [0.25, 0.3) is 11.7 Å². The van der Waals surface area contributed by atoms with Gasteiger partial charge in [-0.15, -0.1) is 0 Å². The molecule has 2 rings (SSSR count). The highest BCUT2D eigenvalue weighted by Crippen LogP contribution is 2.26. The van der Waals surface area contributed by atoms with Crippen molar-refractivity contribution in [3.8, 4) is 11.5 Å². The van der Waals surface area contributed by atoms with Gasteiger partial charge in [0.05, 0.1) is 7.11 Å².